The van der Waals surface area contributed by atoms with Gasteiger partial charge < -0.3 is 24.6 Å². The molecular formula is C21H29N5O4. The zero-order valence-corrected chi connectivity index (χ0v) is 17.5. The van der Waals surface area contributed by atoms with Crippen molar-refractivity contribution in [2.24, 2.45) is 0 Å². The van der Waals surface area contributed by atoms with E-state index in [0.29, 0.717) is 19.0 Å². The van der Waals surface area contributed by atoms with Gasteiger partial charge in [0.05, 0.1) is 12.8 Å². The predicted molar refractivity (Wildman–Crippen MR) is 115 cm³/mol. The molecule has 1 saturated heterocycles. The fourth-order valence-corrected chi connectivity index (χ4v) is 3.42. The molecule has 9 heteroatoms. The van der Waals surface area contributed by atoms with Gasteiger partial charge in [0.2, 0.25) is 5.91 Å². The Morgan fingerprint density at radius 1 is 1.07 bits per heavy atom. The fourth-order valence-electron chi connectivity index (χ4n) is 3.42. The third-order valence-electron chi connectivity index (χ3n) is 5.02. The standard InChI is InChI=1S/C21H29N5O4/c1-29-15-5-10-22-20(27)16-26-21(28)9-8-19(23-26)25-13-11-24(12-14-25)17-6-3-4-7-18(17)30-2/h3-4,6-9H,5,10-16H2,1-2H3,(H,22,27). The number of carbonyl (C=O) groups is 1. The second kappa shape index (κ2) is 10.6. The number of nitrogens with zero attached hydrogens (tertiary/aromatic N) is 4. The number of rotatable bonds is 9. The maximum absolute atomic E-state index is 12.1. The number of aromatic nitrogens is 2. The highest BCUT2D eigenvalue weighted by Crippen LogP contribution is 2.28. The van der Waals surface area contributed by atoms with Gasteiger partial charge in [-0.2, -0.15) is 5.10 Å². The number of para-hydroxylation sites is 2. The van der Waals surface area contributed by atoms with Crippen molar-refractivity contribution in [2.75, 3.05) is 63.4 Å². The van der Waals surface area contributed by atoms with Crippen LogP contribution in [0.2, 0.25) is 0 Å². The molecule has 1 fully saturated rings. The highest BCUT2D eigenvalue weighted by molar-refractivity contribution is 5.75. The van der Waals surface area contributed by atoms with E-state index >= 15 is 0 Å². The van der Waals surface area contributed by atoms with Crippen LogP contribution in [-0.2, 0) is 16.1 Å². The number of methoxy groups -OCH3 is 2. The maximum Gasteiger partial charge on any atom is 0.267 e. The van der Waals surface area contributed by atoms with Crippen LogP contribution in [0.5, 0.6) is 5.75 Å². The molecule has 2 heterocycles. The lowest BCUT2D eigenvalue weighted by Crippen LogP contribution is -2.47. The number of benzene rings is 1. The molecule has 0 unspecified atom stereocenters. The molecule has 1 aliphatic heterocycles. The molecule has 1 aromatic carbocycles. The van der Waals surface area contributed by atoms with Gasteiger partial charge in [-0.1, -0.05) is 12.1 Å². The largest absolute Gasteiger partial charge is 0.495 e. The second-order valence-electron chi connectivity index (χ2n) is 7.03. The number of carbonyl (C=O) groups excluding carboxylic acids is 1. The Kier molecular flexibility index (Phi) is 7.67. The molecule has 0 atom stereocenters. The molecular weight excluding hydrogens is 386 g/mol. The molecule has 0 spiro atoms. The highest BCUT2D eigenvalue weighted by atomic mass is 16.5. The van der Waals surface area contributed by atoms with E-state index in [0.717, 1.165) is 44.0 Å². The van der Waals surface area contributed by atoms with E-state index in [2.05, 4.69) is 26.3 Å². The van der Waals surface area contributed by atoms with Crippen molar-refractivity contribution in [3.63, 3.8) is 0 Å². The first-order valence-corrected chi connectivity index (χ1v) is 10.1. The number of hydrogen-bond donors (Lipinski definition) is 1. The summed E-state index contributed by atoms with van der Waals surface area (Å²) in [5, 5.41) is 7.19. The van der Waals surface area contributed by atoms with E-state index in [9.17, 15) is 9.59 Å². The Hall–Kier alpha value is -3.07. The van der Waals surface area contributed by atoms with E-state index in [1.54, 1.807) is 20.3 Å². The van der Waals surface area contributed by atoms with Gasteiger partial charge in [-0.3, -0.25) is 9.59 Å². The van der Waals surface area contributed by atoms with Gasteiger partial charge in [0, 0.05) is 52.5 Å². The normalized spacial score (nSPS) is 13.9. The van der Waals surface area contributed by atoms with Gasteiger partial charge in [-0.25, -0.2) is 4.68 Å². The Balaban J connectivity index is 1.60. The Bertz CT molecular complexity index is 893. The van der Waals surface area contributed by atoms with Gasteiger partial charge in [0.15, 0.2) is 0 Å². The van der Waals surface area contributed by atoms with Crippen LogP contribution >= 0.6 is 0 Å². The minimum Gasteiger partial charge on any atom is -0.495 e. The third kappa shape index (κ3) is 5.50. The first-order chi connectivity index (χ1) is 14.6. The number of hydrogen-bond acceptors (Lipinski definition) is 7. The van der Waals surface area contributed by atoms with Crippen molar-refractivity contribution < 1.29 is 14.3 Å². The summed E-state index contributed by atoms with van der Waals surface area (Å²) in [7, 11) is 3.29. The molecule has 30 heavy (non-hydrogen) atoms. The highest BCUT2D eigenvalue weighted by Gasteiger charge is 2.21. The van der Waals surface area contributed by atoms with Crippen LogP contribution in [0.4, 0.5) is 11.5 Å². The van der Waals surface area contributed by atoms with Crippen molar-refractivity contribution in [3.8, 4) is 5.75 Å². The predicted octanol–water partition coefficient (Wildman–Crippen LogP) is 0.731. The fraction of sp³-hybridized carbons (Fsp3) is 0.476. The van der Waals surface area contributed by atoms with Crippen molar-refractivity contribution >= 4 is 17.4 Å². The quantitative estimate of drug-likeness (QED) is 0.604. The molecule has 0 radical (unpaired) electrons. The lowest BCUT2D eigenvalue weighted by molar-refractivity contribution is -0.121. The molecule has 1 N–H and O–H groups in total. The lowest BCUT2D eigenvalue weighted by Gasteiger charge is -2.37. The van der Waals surface area contributed by atoms with E-state index in [1.165, 1.54) is 10.7 Å². The topological polar surface area (TPSA) is 88.9 Å². The molecule has 0 bridgehead atoms. The van der Waals surface area contributed by atoms with Crippen molar-refractivity contribution in [3.05, 3.63) is 46.8 Å². The van der Waals surface area contributed by atoms with Gasteiger partial charge in [-0.05, 0) is 24.6 Å². The van der Waals surface area contributed by atoms with Gasteiger partial charge in [-0.15, -0.1) is 0 Å². The van der Waals surface area contributed by atoms with E-state index in [1.807, 2.05) is 18.2 Å². The smallest absolute Gasteiger partial charge is 0.267 e. The average Bonchev–Trinajstić information content (AvgIpc) is 2.78. The number of piperazine rings is 1. The monoisotopic (exact) mass is 415 g/mol. The molecule has 162 valence electrons. The van der Waals surface area contributed by atoms with E-state index in [-0.39, 0.29) is 18.0 Å². The van der Waals surface area contributed by atoms with Crippen LogP contribution in [0.1, 0.15) is 6.42 Å². The molecule has 1 aliphatic rings. The van der Waals surface area contributed by atoms with E-state index < -0.39 is 0 Å². The summed E-state index contributed by atoms with van der Waals surface area (Å²) < 4.78 is 11.6. The van der Waals surface area contributed by atoms with Crippen LogP contribution in [-0.4, -0.2) is 69.2 Å². The Morgan fingerprint density at radius 2 is 1.80 bits per heavy atom. The summed E-state index contributed by atoms with van der Waals surface area (Å²) in [4.78, 5) is 28.6. The first kappa shape index (κ1) is 21.6. The van der Waals surface area contributed by atoms with Gasteiger partial charge in [0.1, 0.15) is 18.1 Å². The summed E-state index contributed by atoms with van der Waals surface area (Å²) in [5.74, 6) is 1.31. The second-order valence-corrected chi connectivity index (χ2v) is 7.03. The summed E-state index contributed by atoms with van der Waals surface area (Å²) in [5.41, 5.74) is 0.779. The van der Waals surface area contributed by atoms with Crippen LogP contribution in [0.25, 0.3) is 0 Å². The van der Waals surface area contributed by atoms with Crippen LogP contribution in [0, 0.1) is 0 Å². The molecule has 3 rings (SSSR count). The number of nitrogens with one attached hydrogen (secondary N) is 1. The Morgan fingerprint density at radius 3 is 2.53 bits per heavy atom. The molecule has 1 amide bonds. The molecule has 2 aromatic rings. The summed E-state index contributed by atoms with van der Waals surface area (Å²) in [6, 6.07) is 11.2. The van der Waals surface area contributed by atoms with Gasteiger partial charge >= 0.3 is 0 Å². The molecule has 0 saturated carbocycles. The lowest BCUT2D eigenvalue weighted by atomic mass is 10.2. The Labute approximate surface area is 176 Å². The minimum absolute atomic E-state index is 0.0964. The van der Waals surface area contributed by atoms with E-state index in [4.69, 9.17) is 9.47 Å². The zero-order chi connectivity index (χ0) is 21.3. The number of ether oxygens (including phenoxy) is 2. The van der Waals surface area contributed by atoms with Gasteiger partial charge in [0.25, 0.3) is 5.56 Å². The maximum atomic E-state index is 12.1. The van der Waals surface area contributed by atoms with Crippen molar-refractivity contribution in [1.82, 2.24) is 15.1 Å². The summed E-state index contributed by atoms with van der Waals surface area (Å²) >= 11 is 0. The van der Waals surface area contributed by atoms with Crippen molar-refractivity contribution in [2.45, 2.75) is 13.0 Å². The van der Waals surface area contributed by atoms with Crippen LogP contribution < -0.4 is 25.4 Å². The van der Waals surface area contributed by atoms with Crippen LogP contribution in [0.3, 0.4) is 0 Å². The molecule has 1 aromatic heterocycles. The molecule has 9 nitrogen and oxygen atoms in total. The summed E-state index contributed by atoms with van der Waals surface area (Å²) in [6.45, 7) is 4.11. The number of anilines is 2. The third-order valence-corrected chi connectivity index (χ3v) is 5.02. The number of amides is 1. The molecule has 0 aliphatic carbocycles. The zero-order valence-electron chi connectivity index (χ0n) is 17.5. The average molecular weight is 415 g/mol. The van der Waals surface area contributed by atoms with Crippen molar-refractivity contribution in [1.29, 1.82) is 0 Å². The SMILES string of the molecule is COCCCNC(=O)Cn1nc(N2CCN(c3ccccc3OC)CC2)ccc1=O. The summed E-state index contributed by atoms with van der Waals surface area (Å²) in [6.07, 6.45) is 0.723. The first-order valence-electron chi connectivity index (χ1n) is 10.1. The minimum atomic E-state index is -0.293. The van der Waals surface area contributed by atoms with Crippen LogP contribution in [0.15, 0.2) is 41.2 Å².